The Bertz CT molecular complexity index is 117. The first-order valence-corrected chi connectivity index (χ1v) is 1.83. The molecule has 4 heteroatoms. The van der Waals surface area contributed by atoms with Gasteiger partial charge in [0.2, 0.25) is 0 Å². The van der Waals surface area contributed by atoms with Crippen molar-refractivity contribution in [1.29, 1.82) is 0 Å². The van der Waals surface area contributed by atoms with Gasteiger partial charge in [0.05, 0.1) is 0 Å². The van der Waals surface area contributed by atoms with Gasteiger partial charge in [0.25, 0.3) is 0 Å². The molecule has 0 aromatic carbocycles. The molecule has 0 aromatic heterocycles. The summed E-state index contributed by atoms with van der Waals surface area (Å²) in [6, 6.07) is 0. The summed E-state index contributed by atoms with van der Waals surface area (Å²) < 4.78 is 13.3. The van der Waals surface area contributed by atoms with E-state index >= 15 is 0 Å². The largest absolute Gasteiger partial charge is 1.00 e. The Morgan fingerprint density at radius 1 is 1.88 bits per heavy atom. The fourth-order valence-electron chi connectivity index (χ4n) is 0.158. The van der Waals surface area contributed by atoms with Gasteiger partial charge in [-0.2, -0.15) is 0 Å². The van der Waals surface area contributed by atoms with Gasteiger partial charge in [0.15, 0.2) is 0 Å². The number of aliphatic carboxylic acids is 1. The molecule has 0 radical (unpaired) electrons. The van der Waals surface area contributed by atoms with Crippen molar-refractivity contribution < 1.29 is 47.3 Å². The Balaban J connectivity index is 0. The summed E-state index contributed by atoms with van der Waals surface area (Å²) in [4.78, 5) is 9.81. The molecule has 0 spiro atoms. The molecule has 0 unspecified atom stereocenters. The van der Waals surface area contributed by atoms with Crippen molar-refractivity contribution in [3.63, 3.8) is 0 Å². The molecule has 0 saturated heterocycles. The van der Waals surface area contributed by atoms with Crippen molar-refractivity contribution in [1.82, 2.24) is 0 Å². The molecule has 0 rings (SSSR count). The molecule has 0 amide bonds. The average molecular weight is 128 g/mol. The van der Waals surface area contributed by atoms with Crippen LogP contribution in [0.15, 0.2) is 0 Å². The zero-order chi connectivity index (χ0) is 7.49. The number of carbonyl (C=O) groups is 1. The predicted molar refractivity (Wildman–Crippen MR) is 21.3 cm³/mol. The molecule has 42 valence electrons. The van der Waals surface area contributed by atoms with Gasteiger partial charge in [0.1, 0.15) is 0 Å². The smallest absolute Gasteiger partial charge is 0.550 e. The van der Waals surface area contributed by atoms with E-state index in [4.69, 9.17) is 7.85 Å². The normalized spacial score (nSPS) is 13.1. The maximum absolute atomic E-state index is 9.81. The molecule has 0 atom stereocenters. The van der Waals surface area contributed by atoms with Crippen LogP contribution in [0.25, 0.3) is 0 Å². The van der Waals surface area contributed by atoms with Gasteiger partial charge in [-0.3, -0.25) is 0 Å². The first-order valence-electron chi connectivity index (χ1n) is 2.83. The van der Waals surface area contributed by atoms with Gasteiger partial charge < -0.3 is 15.0 Å². The Labute approximate surface area is 72.8 Å². The van der Waals surface area contributed by atoms with Gasteiger partial charge >= 0.3 is 29.6 Å². The summed E-state index contributed by atoms with van der Waals surface area (Å²) in [5.74, 6) is -1.78. The summed E-state index contributed by atoms with van der Waals surface area (Å²) >= 11 is 0. The van der Waals surface area contributed by atoms with Crippen LogP contribution in [0.1, 0.15) is 15.5 Å². The summed E-state index contributed by atoms with van der Waals surface area (Å²) in [7, 11) is 0. The minimum absolute atomic E-state index is 0. The summed E-state index contributed by atoms with van der Waals surface area (Å²) in [6.07, 6.45) is -2.82. The van der Waals surface area contributed by atoms with E-state index in [1.807, 2.05) is 0 Å². The van der Waals surface area contributed by atoms with E-state index in [9.17, 15) is 9.90 Å². The molecule has 3 nitrogen and oxygen atoms in total. The van der Waals surface area contributed by atoms with Crippen molar-refractivity contribution >= 4 is 5.97 Å². The van der Waals surface area contributed by atoms with Crippen molar-refractivity contribution in [2.24, 2.45) is 0 Å². The molecule has 8 heavy (non-hydrogen) atoms. The van der Waals surface area contributed by atoms with E-state index in [2.05, 4.69) is 0 Å². The third kappa shape index (κ3) is 9.66. The van der Waals surface area contributed by atoms with E-state index in [1.54, 1.807) is 0 Å². The van der Waals surface area contributed by atoms with Crippen LogP contribution in [0.2, 0.25) is 0 Å². The fourth-order valence-corrected chi connectivity index (χ4v) is 0.158. The van der Waals surface area contributed by atoms with Crippen LogP contribution in [0.5, 0.6) is 0 Å². The van der Waals surface area contributed by atoms with Gasteiger partial charge in [-0.25, -0.2) is 0 Å². The Kier molecular flexibility index (Phi) is 6.08. The predicted octanol–water partition coefficient (Wildman–Crippen LogP) is -4.49. The van der Waals surface area contributed by atoms with E-state index in [-0.39, 0.29) is 29.6 Å². The van der Waals surface area contributed by atoms with Gasteiger partial charge in [-0.05, 0) is 12.8 Å². The second kappa shape index (κ2) is 7.43. The minimum atomic E-state index is -2.39. The summed E-state index contributed by atoms with van der Waals surface area (Å²) in [5.41, 5.74) is 0. The van der Waals surface area contributed by atoms with Crippen molar-refractivity contribution in [2.75, 3.05) is 6.61 Å². The SMILES string of the molecule is [2H]C([2H])(CCO)C(=O)[O-].[Na+]. The van der Waals surface area contributed by atoms with Crippen LogP contribution in [-0.4, -0.2) is 17.7 Å². The maximum atomic E-state index is 9.81. The standard InChI is InChI=1S/C4H8O3.Na/c5-3-1-2-4(6)7;/h5H,1-3H2,(H,6,7);/q;+1/p-1/i2D2;. The quantitative estimate of drug-likeness (QED) is 0.390. The van der Waals surface area contributed by atoms with E-state index in [0.717, 1.165) is 0 Å². The Hall–Kier alpha value is 0.430. The van der Waals surface area contributed by atoms with Gasteiger partial charge in [-0.1, -0.05) is 0 Å². The van der Waals surface area contributed by atoms with Gasteiger partial charge in [-0.15, -0.1) is 0 Å². The second-order valence-electron chi connectivity index (χ2n) is 0.938. The number of carbonyl (C=O) groups excluding carboxylic acids is 1. The number of carboxylic acid groups (broad SMARTS) is 1. The minimum Gasteiger partial charge on any atom is -0.550 e. The molecule has 0 bridgehead atoms. The third-order valence-electron chi connectivity index (χ3n) is 0.381. The topological polar surface area (TPSA) is 60.4 Å². The Morgan fingerprint density at radius 2 is 2.38 bits per heavy atom. The summed E-state index contributed by atoms with van der Waals surface area (Å²) in [6.45, 7) is -0.485. The second-order valence-corrected chi connectivity index (χ2v) is 0.938. The van der Waals surface area contributed by atoms with Crippen LogP contribution >= 0.6 is 0 Å². The van der Waals surface area contributed by atoms with Crippen molar-refractivity contribution in [2.45, 2.75) is 12.8 Å². The van der Waals surface area contributed by atoms with Crippen LogP contribution < -0.4 is 34.7 Å². The number of rotatable bonds is 3. The van der Waals surface area contributed by atoms with Crippen molar-refractivity contribution in [3.05, 3.63) is 0 Å². The average Bonchev–Trinajstić information content (AvgIpc) is 1.65. The summed E-state index contributed by atoms with van der Waals surface area (Å²) in [5, 5.41) is 17.9. The van der Waals surface area contributed by atoms with Gasteiger partial charge in [0, 0.05) is 15.3 Å². The van der Waals surface area contributed by atoms with Crippen molar-refractivity contribution in [3.8, 4) is 0 Å². The van der Waals surface area contributed by atoms with E-state index in [1.165, 1.54) is 0 Å². The molecule has 0 aliphatic rings. The molecule has 0 aliphatic carbocycles. The Morgan fingerprint density at radius 3 is 2.50 bits per heavy atom. The maximum Gasteiger partial charge on any atom is 1.00 e. The number of hydrogen-bond donors (Lipinski definition) is 1. The van der Waals surface area contributed by atoms with Crippen LogP contribution in [0.4, 0.5) is 0 Å². The molecular weight excluding hydrogens is 119 g/mol. The number of aliphatic hydroxyl groups is 1. The monoisotopic (exact) mass is 128 g/mol. The molecule has 0 aromatic rings. The molecular formula is C4H7NaO3. The first-order chi connectivity index (χ1) is 4.00. The third-order valence-corrected chi connectivity index (χ3v) is 0.381. The zero-order valence-corrected chi connectivity index (χ0v) is 6.68. The number of hydrogen-bond acceptors (Lipinski definition) is 3. The number of carboxylic acids is 1. The van der Waals surface area contributed by atoms with Crippen LogP contribution in [0.3, 0.4) is 0 Å². The van der Waals surface area contributed by atoms with E-state index in [0.29, 0.717) is 0 Å². The fraction of sp³-hybridized carbons (Fsp3) is 0.750. The van der Waals surface area contributed by atoms with Crippen LogP contribution in [0, 0.1) is 0 Å². The first kappa shape index (κ1) is 6.55. The zero-order valence-electron chi connectivity index (χ0n) is 6.68. The van der Waals surface area contributed by atoms with Crippen LogP contribution in [-0.2, 0) is 4.79 Å². The molecule has 0 saturated carbocycles. The molecule has 1 N–H and O–H groups in total. The molecule has 0 heterocycles. The molecule has 0 aliphatic heterocycles. The number of aliphatic hydroxyl groups excluding tert-OH is 1. The van der Waals surface area contributed by atoms with E-state index < -0.39 is 25.4 Å². The molecule has 0 fully saturated rings.